The van der Waals surface area contributed by atoms with Crippen molar-refractivity contribution in [3.8, 4) is 11.1 Å². The molecule has 1 aliphatic carbocycles. The minimum absolute atomic E-state index is 0.382. The van der Waals surface area contributed by atoms with Gasteiger partial charge in [0.25, 0.3) is 0 Å². The smallest absolute Gasteiger partial charge is 0.206 e. The second-order valence-corrected chi connectivity index (χ2v) is 9.54. The van der Waals surface area contributed by atoms with Crippen molar-refractivity contribution in [2.24, 2.45) is 0 Å². The van der Waals surface area contributed by atoms with Gasteiger partial charge in [-0.05, 0) is 30.2 Å². The maximum absolute atomic E-state index is 5.26. The Morgan fingerprint density at radius 3 is 2.82 bits per heavy atom. The van der Waals surface area contributed by atoms with E-state index in [0.717, 1.165) is 35.8 Å². The van der Waals surface area contributed by atoms with Gasteiger partial charge in [-0.2, -0.15) is 0 Å². The summed E-state index contributed by atoms with van der Waals surface area (Å²) in [4.78, 5) is 10.4. The fourth-order valence-corrected chi connectivity index (χ4v) is 5.78. The van der Waals surface area contributed by atoms with Crippen LogP contribution in [0, 0.1) is 0 Å². The van der Waals surface area contributed by atoms with E-state index in [0.29, 0.717) is 18.5 Å². The molecule has 3 aromatic heterocycles. The number of benzene rings is 1. The maximum atomic E-state index is 5.26. The number of fused-ring (bicyclic) bond motifs is 1. The molecule has 0 unspecified atom stereocenters. The van der Waals surface area contributed by atoms with Gasteiger partial charge in [0, 0.05) is 24.1 Å². The van der Waals surface area contributed by atoms with Crippen LogP contribution in [0.5, 0.6) is 0 Å². The van der Waals surface area contributed by atoms with E-state index in [4.69, 9.17) is 14.7 Å². The van der Waals surface area contributed by atoms with Gasteiger partial charge in [0.2, 0.25) is 5.13 Å². The summed E-state index contributed by atoms with van der Waals surface area (Å²) < 4.78 is 6.14. The molecular weight excluding hydrogens is 410 g/mol. The summed E-state index contributed by atoms with van der Waals surface area (Å²) in [7, 11) is 1.66. The first-order chi connectivity index (χ1) is 13.8. The number of aromatic nitrogens is 4. The Hall–Kier alpha value is -2.07. The number of nitrogens with zero attached hydrogens (tertiary/aromatic N) is 4. The van der Waals surface area contributed by atoms with Crippen LogP contribution >= 0.6 is 34.4 Å². The Balaban J connectivity index is 1.56. The van der Waals surface area contributed by atoms with Crippen molar-refractivity contribution in [3.05, 3.63) is 41.5 Å². The molecule has 0 bridgehead atoms. The van der Waals surface area contributed by atoms with Crippen molar-refractivity contribution < 1.29 is 4.74 Å². The largest absolute Gasteiger partial charge is 0.377 e. The first kappa shape index (κ1) is 18.0. The molecule has 0 spiro atoms. The Morgan fingerprint density at radius 1 is 1.18 bits per heavy atom. The molecule has 0 amide bonds. The predicted molar refractivity (Wildman–Crippen MR) is 114 cm³/mol. The standard InChI is InChI=1S/C19H17N5OS3/c1-25-9-14-21-16-15(13(10-26-16)11-5-3-2-4-6-11)17(22-14)27-19-24-23-18(28-19)20-12-7-8-12/h2-6,10,12H,7-9H2,1H3,(H,20,23). The van der Waals surface area contributed by atoms with E-state index in [2.05, 4.69) is 33.0 Å². The first-order valence-corrected chi connectivity index (χ1v) is 11.4. The van der Waals surface area contributed by atoms with Gasteiger partial charge in [-0.15, -0.1) is 21.5 Å². The minimum atomic E-state index is 0.382. The zero-order chi connectivity index (χ0) is 18.9. The topological polar surface area (TPSA) is 72.8 Å². The quantitative estimate of drug-likeness (QED) is 0.412. The minimum Gasteiger partial charge on any atom is -0.377 e. The highest BCUT2D eigenvalue weighted by Crippen LogP contribution is 2.42. The van der Waals surface area contributed by atoms with Crippen LogP contribution in [-0.4, -0.2) is 33.3 Å². The second-order valence-electron chi connectivity index (χ2n) is 6.47. The fraction of sp³-hybridized carbons (Fsp3) is 0.263. The molecule has 1 N–H and O–H groups in total. The molecule has 5 rings (SSSR count). The molecule has 1 aliphatic rings. The lowest BCUT2D eigenvalue weighted by Gasteiger charge is -2.06. The predicted octanol–water partition coefficient (Wildman–Crippen LogP) is 5.08. The normalized spacial score (nSPS) is 13.9. The molecule has 3 heterocycles. The zero-order valence-electron chi connectivity index (χ0n) is 15.1. The number of rotatable bonds is 7. The van der Waals surface area contributed by atoms with Gasteiger partial charge in [0.05, 0.1) is 5.39 Å². The number of anilines is 1. The molecule has 9 heteroatoms. The van der Waals surface area contributed by atoms with E-state index in [-0.39, 0.29) is 0 Å². The highest BCUT2D eigenvalue weighted by molar-refractivity contribution is 8.01. The van der Waals surface area contributed by atoms with E-state index in [1.54, 1.807) is 41.5 Å². The lowest BCUT2D eigenvalue weighted by molar-refractivity contribution is 0.177. The number of methoxy groups -OCH3 is 1. The van der Waals surface area contributed by atoms with E-state index in [1.165, 1.54) is 12.8 Å². The van der Waals surface area contributed by atoms with E-state index < -0.39 is 0 Å². The Morgan fingerprint density at radius 2 is 2.04 bits per heavy atom. The number of nitrogens with one attached hydrogen (secondary N) is 1. The third-order valence-corrected chi connectivity index (χ3v) is 7.07. The van der Waals surface area contributed by atoms with Crippen molar-refractivity contribution in [2.75, 3.05) is 12.4 Å². The number of thiophene rings is 1. The van der Waals surface area contributed by atoms with Gasteiger partial charge in [-0.1, -0.05) is 41.7 Å². The van der Waals surface area contributed by atoms with Gasteiger partial charge >= 0.3 is 0 Å². The first-order valence-electron chi connectivity index (χ1n) is 8.90. The SMILES string of the molecule is COCc1nc(Sc2nnc(NC3CC3)s2)c2c(-c3ccccc3)csc2n1. The second kappa shape index (κ2) is 7.75. The lowest BCUT2D eigenvalue weighted by atomic mass is 10.1. The molecule has 28 heavy (non-hydrogen) atoms. The molecule has 1 aromatic carbocycles. The third-order valence-electron chi connectivity index (χ3n) is 4.30. The van der Waals surface area contributed by atoms with E-state index in [1.807, 2.05) is 18.2 Å². The van der Waals surface area contributed by atoms with Gasteiger partial charge in [0.1, 0.15) is 16.5 Å². The molecule has 1 saturated carbocycles. The van der Waals surface area contributed by atoms with Crippen molar-refractivity contribution >= 4 is 49.8 Å². The molecule has 142 valence electrons. The Labute approximate surface area is 174 Å². The molecular formula is C19H17N5OS3. The number of hydrogen-bond donors (Lipinski definition) is 1. The van der Waals surface area contributed by atoms with Gasteiger partial charge in [0.15, 0.2) is 10.2 Å². The summed E-state index contributed by atoms with van der Waals surface area (Å²) in [6.45, 7) is 0.382. The van der Waals surface area contributed by atoms with Gasteiger partial charge in [-0.3, -0.25) is 0 Å². The third kappa shape index (κ3) is 3.75. The van der Waals surface area contributed by atoms with Crippen molar-refractivity contribution in [3.63, 3.8) is 0 Å². The monoisotopic (exact) mass is 427 g/mol. The summed E-state index contributed by atoms with van der Waals surface area (Å²) in [6, 6.07) is 10.9. The van der Waals surface area contributed by atoms with E-state index >= 15 is 0 Å². The molecule has 4 aromatic rings. The van der Waals surface area contributed by atoms with Crippen LogP contribution in [-0.2, 0) is 11.3 Å². The van der Waals surface area contributed by atoms with Crippen molar-refractivity contribution in [1.29, 1.82) is 0 Å². The van der Waals surface area contributed by atoms with Crippen LogP contribution in [0.2, 0.25) is 0 Å². The van der Waals surface area contributed by atoms with Crippen molar-refractivity contribution in [1.82, 2.24) is 20.2 Å². The number of hydrogen-bond acceptors (Lipinski definition) is 9. The fourth-order valence-electron chi connectivity index (χ4n) is 2.84. The molecule has 0 aliphatic heterocycles. The van der Waals surface area contributed by atoms with Crippen molar-refractivity contribution in [2.45, 2.75) is 34.9 Å². The van der Waals surface area contributed by atoms with Crippen LogP contribution in [0.15, 0.2) is 45.1 Å². The van der Waals surface area contributed by atoms with E-state index in [9.17, 15) is 0 Å². The highest BCUT2D eigenvalue weighted by atomic mass is 32.2. The van der Waals surface area contributed by atoms with Gasteiger partial charge < -0.3 is 10.1 Å². The summed E-state index contributed by atoms with van der Waals surface area (Å²) >= 11 is 4.74. The average Bonchev–Trinajstić information content (AvgIpc) is 3.24. The highest BCUT2D eigenvalue weighted by Gasteiger charge is 2.23. The summed E-state index contributed by atoms with van der Waals surface area (Å²) in [5.74, 6) is 0.680. The summed E-state index contributed by atoms with van der Waals surface area (Å²) in [5, 5.41) is 17.0. The van der Waals surface area contributed by atoms with Crippen LogP contribution in [0.4, 0.5) is 5.13 Å². The Bertz CT molecular complexity index is 1110. The van der Waals surface area contributed by atoms with Crippen LogP contribution < -0.4 is 5.32 Å². The average molecular weight is 428 g/mol. The molecule has 6 nitrogen and oxygen atoms in total. The summed E-state index contributed by atoms with van der Waals surface area (Å²) in [6.07, 6.45) is 2.43. The van der Waals surface area contributed by atoms with Crippen LogP contribution in [0.25, 0.3) is 21.3 Å². The molecule has 1 fully saturated rings. The molecule has 0 atom stereocenters. The maximum Gasteiger partial charge on any atom is 0.206 e. The number of ether oxygens (including phenoxy) is 1. The Kier molecular flexibility index (Phi) is 4.98. The molecule has 0 saturated heterocycles. The van der Waals surface area contributed by atoms with Crippen LogP contribution in [0.3, 0.4) is 0 Å². The lowest BCUT2D eigenvalue weighted by Crippen LogP contribution is -1.99. The zero-order valence-corrected chi connectivity index (χ0v) is 17.5. The summed E-state index contributed by atoms with van der Waals surface area (Å²) in [5.41, 5.74) is 2.31. The van der Waals surface area contributed by atoms with Gasteiger partial charge in [-0.25, -0.2) is 9.97 Å². The van der Waals surface area contributed by atoms with Crippen LogP contribution in [0.1, 0.15) is 18.7 Å². The molecule has 0 radical (unpaired) electrons.